The highest BCUT2D eigenvalue weighted by atomic mass is 32.1. The average Bonchev–Trinajstić information content (AvgIpc) is 3.21. The molecule has 2 aromatic rings. The van der Waals surface area contributed by atoms with Crippen LogP contribution in [-0.2, 0) is 4.74 Å². The third kappa shape index (κ3) is 5.84. The first kappa shape index (κ1) is 25.2. The number of hydrogen-bond acceptors (Lipinski definition) is 7. The molecule has 2 aliphatic rings. The molecule has 0 aromatic carbocycles. The van der Waals surface area contributed by atoms with E-state index in [2.05, 4.69) is 20.5 Å². The molecule has 0 aliphatic carbocycles. The van der Waals surface area contributed by atoms with E-state index in [1.165, 1.54) is 11.3 Å². The largest absolute Gasteiger partial charge is 0.447 e. The molecule has 2 aliphatic heterocycles. The molecule has 190 valence electrons. The maximum absolute atomic E-state index is 13.6. The zero-order valence-corrected chi connectivity index (χ0v) is 21.4. The monoisotopic (exact) mass is 502 g/mol. The SMILES string of the molecule is CCNC(=O)Nc1sc2ncccc2c1C(=O)N1CCN(C2CCN(C(=O)OC(C)C)CC2)CC1. The third-order valence-electron chi connectivity index (χ3n) is 6.42. The summed E-state index contributed by atoms with van der Waals surface area (Å²) >= 11 is 1.32. The van der Waals surface area contributed by atoms with E-state index in [1.807, 2.05) is 37.8 Å². The van der Waals surface area contributed by atoms with Gasteiger partial charge in [-0.1, -0.05) is 11.3 Å². The molecule has 0 spiro atoms. The number of piperidine rings is 1. The maximum atomic E-state index is 13.6. The second-order valence-corrected chi connectivity index (χ2v) is 10.1. The quantitative estimate of drug-likeness (QED) is 0.650. The number of nitrogens with zero attached hydrogens (tertiary/aromatic N) is 4. The highest BCUT2D eigenvalue weighted by molar-refractivity contribution is 7.23. The first-order valence-corrected chi connectivity index (χ1v) is 13.1. The Hall–Kier alpha value is -2.92. The van der Waals surface area contributed by atoms with Gasteiger partial charge in [0.25, 0.3) is 5.91 Å². The smallest absolute Gasteiger partial charge is 0.410 e. The number of carbonyl (C=O) groups is 3. The van der Waals surface area contributed by atoms with Gasteiger partial charge in [-0.05, 0) is 45.7 Å². The molecule has 4 rings (SSSR count). The van der Waals surface area contributed by atoms with Crippen molar-refractivity contribution in [3.63, 3.8) is 0 Å². The predicted molar refractivity (Wildman–Crippen MR) is 136 cm³/mol. The van der Waals surface area contributed by atoms with Crippen LogP contribution in [0.1, 0.15) is 44.0 Å². The lowest BCUT2D eigenvalue weighted by molar-refractivity contribution is 0.0360. The summed E-state index contributed by atoms with van der Waals surface area (Å²) in [6.45, 7) is 10.3. The number of aromatic nitrogens is 1. The summed E-state index contributed by atoms with van der Waals surface area (Å²) in [5, 5.41) is 6.84. The summed E-state index contributed by atoms with van der Waals surface area (Å²) in [7, 11) is 0. The number of urea groups is 1. The van der Waals surface area contributed by atoms with Crippen molar-refractivity contribution in [3.05, 3.63) is 23.9 Å². The van der Waals surface area contributed by atoms with E-state index in [1.54, 1.807) is 11.1 Å². The van der Waals surface area contributed by atoms with Crippen LogP contribution >= 0.6 is 11.3 Å². The van der Waals surface area contributed by atoms with E-state index in [4.69, 9.17) is 4.74 Å². The molecule has 0 saturated carbocycles. The van der Waals surface area contributed by atoms with Crippen molar-refractivity contribution in [1.29, 1.82) is 0 Å². The molecular weight excluding hydrogens is 468 g/mol. The average molecular weight is 503 g/mol. The standard InChI is InChI=1S/C24H34N6O4S/c1-4-25-23(32)27-21-19(18-6-5-9-26-20(18)35-21)22(31)29-14-12-28(13-15-29)17-7-10-30(11-8-17)24(33)34-16(2)3/h5-6,9,16-17H,4,7-8,10-15H2,1-3H3,(H2,25,27,32). The lowest BCUT2D eigenvalue weighted by Crippen LogP contribution is -2.54. The minimum atomic E-state index is -0.332. The Morgan fingerprint density at radius 1 is 1.11 bits per heavy atom. The minimum absolute atomic E-state index is 0.0815. The molecule has 4 amide bonds. The van der Waals surface area contributed by atoms with Crippen LogP contribution in [0.2, 0.25) is 0 Å². The van der Waals surface area contributed by atoms with Gasteiger partial charge < -0.3 is 19.9 Å². The Kier molecular flexibility index (Phi) is 8.07. The number of fused-ring (bicyclic) bond motifs is 1. The number of ether oxygens (including phenoxy) is 1. The summed E-state index contributed by atoms with van der Waals surface area (Å²) in [6.07, 6.45) is 3.16. The Labute approximate surface area is 209 Å². The number of piperazine rings is 1. The van der Waals surface area contributed by atoms with Crippen LogP contribution in [0.25, 0.3) is 10.2 Å². The van der Waals surface area contributed by atoms with E-state index in [0.717, 1.165) is 36.1 Å². The number of anilines is 1. The molecule has 0 atom stereocenters. The van der Waals surface area contributed by atoms with Gasteiger partial charge in [-0.3, -0.25) is 15.0 Å². The Morgan fingerprint density at radius 3 is 2.49 bits per heavy atom. The van der Waals surface area contributed by atoms with Crippen molar-refractivity contribution in [2.24, 2.45) is 0 Å². The van der Waals surface area contributed by atoms with Gasteiger partial charge in [-0.25, -0.2) is 14.6 Å². The van der Waals surface area contributed by atoms with E-state index < -0.39 is 0 Å². The number of amides is 4. The van der Waals surface area contributed by atoms with Gasteiger partial charge >= 0.3 is 12.1 Å². The molecule has 10 nitrogen and oxygen atoms in total. The molecule has 11 heteroatoms. The first-order chi connectivity index (χ1) is 16.9. The molecule has 0 unspecified atom stereocenters. The molecule has 0 bridgehead atoms. The van der Waals surface area contributed by atoms with Gasteiger partial charge in [-0.15, -0.1) is 0 Å². The van der Waals surface area contributed by atoms with Crippen LogP contribution in [0.5, 0.6) is 0 Å². The van der Waals surface area contributed by atoms with Crippen LogP contribution in [0, 0.1) is 0 Å². The number of pyridine rings is 1. The van der Waals surface area contributed by atoms with Gasteiger partial charge in [0.05, 0.1) is 11.7 Å². The molecule has 4 heterocycles. The van der Waals surface area contributed by atoms with Gasteiger partial charge in [-0.2, -0.15) is 0 Å². The lowest BCUT2D eigenvalue weighted by atomic mass is 10.0. The van der Waals surface area contributed by atoms with Gasteiger partial charge in [0, 0.05) is 63.4 Å². The number of carbonyl (C=O) groups excluding carboxylic acids is 3. The molecule has 2 N–H and O–H groups in total. The summed E-state index contributed by atoms with van der Waals surface area (Å²) in [4.78, 5) is 49.1. The fraction of sp³-hybridized carbons (Fsp3) is 0.583. The molecule has 2 fully saturated rings. The van der Waals surface area contributed by atoms with Crippen molar-refractivity contribution in [3.8, 4) is 0 Å². The van der Waals surface area contributed by atoms with Crippen molar-refractivity contribution in [2.75, 3.05) is 51.1 Å². The van der Waals surface area contributed by atoms with E-state index in [9.17, 15) is 14.4 Å². The highest BCUT2D eigenvalue weighted by Crippen LogP contribution is 2.35. The predicted octanol–water partition coefficient (Wildman–Crippen LogP) is 3.20. The molecular formula is C24H34N6O4S. The number of nitrogens with one attached hydrogen (secondary N) is 2. The lowest BCUT2D eigenvalue weighted by Gasteiger charge is -2.42. The van der Waals surface area contributed by atoms with Crippen LogP contribution in [0.3, 0.4) is 0 Å². The van der Waals surface area contributed by atoms with Crippen molar-refractivity contribution in [2.45, 2.75) is 45.8 Å². The van der Waals surface area contributed by atoms with E-state index in [-0.39, 0.29) is 24.1 Å². The second-order valence-electron chi connectivity index (χ2n) is 9.13. The number of likely N-dealkylation sites (tertiary alicyclic amines) is 1. The summed E-state index contributed by atoms with van der Waals surface area (Å²) in [5.74, 6) is -0.0815. The van der Waals surface area contributed by atoms with Gasteiger partial charge in [0.1, 0.15) is 9.83 Å². The van der Waals surface area contributed by atoms with Crippen molar-refractivity contribution in [1.82, 2.24) is 25.0 Å². The van der Waals surface area contributed by atoms with E-state index in [0.29, 0.717) is 49.3 Å². The van der Waals surface area contributed by atoms with Crippen molar-refractivity contribution < 1.29 is 19.1 Å². The molecule has 0 radical (unpaired) electrons. The Balaban J connectivity index is 1.37. The topological polar surface area (TPSA) is 107 Å². The fourth-order valence-electron chi connectivity index (χ4n) is 4.68. The van der Waals surface area contributed by atoms with Crippen LogP contribution in [-0.4, -0.2) is 95.7 Å². The summed E-state index contributed by atoms with van der Waals surface area (Å²) < 4.78 is 5.32. The minimum Gasteiger partial charge on any atom is -0.447 e. The molecule has 35 heavy (non-hydrogen) atoms. The highest BCUT2D eigenvalue weighted by Gasteiger charge is 2.32. The number of rotatable bonds is 5. The van der Waals surface area contributed by atoms with Crippen LogP contribution in [0.4, 0.5) is 14.6 Å². The summed E-state index contributed by atoms with van der Waals surface area (Å²) in [5.41, 5.74) is 0.509. The van der Waals surface area contributed by atoms with E-state index >= 15 is 0 Å². The Bertz CT molecular complexity index is 1060. The normalized spacial score (nSPS) is 17.6. The number of thiophene rings is 1. The zero-order valence-electron chi connectivity index (χ0n) is 20.6. The molecule has 2 aromatic heterocycles. The molecule has 2 saturated heterocycles. The third-order valence-corrected chi connectivity index (χ3v) is 7.45. The second kappa shape index (κ2) is 11.2. The van der Waals surface area contributed by atoms with Crippen LogP contribution in [0.15, 0.2) is 18.3 Å². The summed E-state index contributed by atoms with van der Waals surface area (Å²) in [6, 6.07) is 3.75. The fourth-order valence-corrected chi connectivity index (χ4v) is 5.71. The van der Waals surface area contributed by atoms with Crippen LogP contribution < -0.4 is 10.6 Å². The zero-order chi connectivity index (χ0) is 24.9. The van der Waals surface area contributed by atoms with Gasteiger partial charge in [0.2, 0.25) is 0 Å². The maximum Gasteiger partial charge on any atom is 0.410 e. The van der Waals surface area contributed by atoms with Crippen molar-refractivity contribution >= 4 is 44.6 Å². The number of hydrogen-bond donors (Lipinski definition) is 2. The first-order valence-electron chi connectivity index (χ1n) is 12.3. The Morgan fingerprint density at radius 2 is 1.83 bits per heavy atom. The van der Waals surface area contributed by atoms with Gasteiger partial charge in [0.15, 0.2) is 0 Å².